The molecule has 86 valence electrons. The first kappa shape index (κ1) is 12.4. The summed E-state index contributed by atoms with van der Waals surface area (Å²) in [5, 5.41) is 0.490. The van der Waals surface area contributed by atoms with Gasteiger partial charge in [0, 0.05) is 16.8 Å². The Morgan fingerprint density at radius 3 is 2.41 bits per heavy atom. The van der Waals surface area contributed by atoms with Gasteiger partial charge in [-0.3, -0.25) is 0 Å². The number of hydrogen-bond donors (Lipinski definition) is 0. The van der Waals surface area contributed by atoms with E-state index in [-0.39, 0.29) is 11.1 Å². The summed E-state index contributed by atoms with van der Waals surface area (Å²) in [4.78, 5) is 3.52. The van der Waals surface area contributed by atoms with Crippen LogP contribution in [0.3, 0.4) is 0 Å². The van der Waals surface area contributed by atoms with Crippen molar-refractivity contribution in [3.05, 3.63) is 53.3 Å². The van der Waals surface area contributed by atoms with Gasteiger partial charge in [-0.15, -0.1) is 0 Å². The number of halogens is 4. The molecule has 2 aromatic rings. The van der Waals surface area contributed by atoms with Crippen LogP contribution < -0.4 is 0 Å². The number of benzene rings is 1. The minimum Gasteiger partial charge on any atom is -0.243 e. The molecule has 0 unspecified atom stereocenters. The zero-order valence-electron chi connectivity index (χ0n) is 8.35. The highest BCUT2D eigenvalue weighted by Gasteiger charge is 2.32. The monoisotopic (exact) mass is 299 g/mol. The Balaban J connectivity index is 2.76. The van der Waals surface area contributed by atoms with Crippen LogP contribution in [-0.2, 0) is 6.18 Å². The van der Waals surface area contributed by atoms with Crippen molar-refractivity contribution in [3.63, 3.8) is 0 Å². The summed E-state index contributed by atoms with van der Waals surface area (Å²) in [6, 6.07) is 3.54. The van der Waals surface area contributed by atoms with E-state index < -0.39 is 11.9 Å². The SMILES string of the molecule is [CH]c1cc2nc(C(F)(F)F)ccc2c(Br)c1[CH]. The van der Waals surface area contributed by atoms with Gasteiger partial charge in [0.1, 0.15) is 5.69 Å². The Kier molecular flexibility index (Phi) is 2.89. The molecule has 0 saturated heterocycles. The second kappa shape index (κ2) is 3.98. The molecule has 0 aliphatic rings. The molecule has 1 aromatic heterocycles. The summed E-state index contributed by atoms with van der Waals surface area (Å²) in [6.07, 6.45) is -4.48. The van der Waals surface area contributed by atoms with Crippen molar-refractivity contribution in [2.45, 2.75) is 6.18 Å². The van der Waals surface area contributed by atoms with Gasteiger partial charge < -0.3 is 0 Å². The lowest BCUT2D eigenvalue weighted by atomic mass is 10.1. The number of alkyl halides is 3. The number of pyridine rings is 1. The Labute approximate surface area is 105 Å². The van der Waals surface area contributed by atoms with Crippen molar-refractivity contribution >= 4 is 26.8 Å². The quantitative estimate of drug-likeness (QED) is 0.712. The van der Waals surface area contributed by atoms with E-state index in [1.807, 2.05) is 0 Å². The lowest BCUT2D eigenvalue weighted by Gasteiger charge is -2.10. The van der Waals surface area contributed by atoms with Gasteiger partial charge in [0.15, 0.2) is 0 Å². The average Bonchev–Trinajstić information content (AvgIpc) is 2.24. The Hall–Kier alpha value is -1.10. The van der Waals surface area contributed by atoms with Crippen LogP contribution >= 0.6 is 15.9 Å². The maximum Gasteiger partial charge on any atom is 0.433 e. The molecule has 1 nitrogen and oxygen atoms in total. The molecule has 17 heavy (non-hydrogen) atoms. The van der Waals surface area contributed by atoms with Crippen LogP contribution in [-0.4, -0.2) is 4.98 Å². The molecule has 0 N–H and O–H groups in total. The van der Waals surface area contributed by atoms with Crippen LogP contribution in [0.4, 0.5) is 13.2 Å². The lowest BCUT2D eigenvalue weighted by Crippen LogP contribution is -2.07. The fourth-order valence-corrected chi connectivity index (χ4v) is 1.99. The van der Waals surface area contributed by atoms with Crippen molar-refractivity contribution in [3.8, 4) is 0 Å². The molecule has 5 heteroatoms. The third-order valence-electron chi connectivity index (χ3n) is 2.29. The van der Waals surface area contributed by atoms with Crippen LogP contribution in [0.25, 0.3) is 10.9 Å². The smallest absolute Gasteiger partial charge is 0.243 e. The minimum atomic E-state index is -4.48. The zero-order chi connectivity index (χ0) is 12.8. The highest BCUT2D eigenvalue weighted by molar-refractivity contribution is 9.10. The number of hydrogen-bond acceptors (Lipinski definition) is 1. The minimum absolute atomic E-state index is 0.151. The summed E-state index contributed by atoms with van der Waals surface area (Å²) < 4.78 is 37.9. The standard InChI is InChI=1S/C12H5BrF3N/c1-6-5-9-8(11(13)7(6)2)3-4-10(17-9)12(14,15)16/h1-5H. The molecule has 0 fully saturated rings. The maximum absolute atomic E-state index is 12.5. The molecular formula is C12H5BrF3N. The number of rotatable bonds is 0. The summed E-state index contributed by atoms with van der Waals surface area (Å²) in [6.45, 7) is 11.2. The summed E-state index contributed by atoms with van der Waals surface area (Å²) in [5.74, 6) is 0. The largest absolute Gasteiger partial charge is 0.433 e. The zero-order valence-corrected chi connectivity index (χ0v) is 9.93. The Morgan fingerprint density at radius 1 is 1.18 bits per heavy atom. The highest BCUT2D eigenvalue weighted by atomic mass is 79.9. The summed E-state index contributed by atoms with van der Waals surface area (Å²) in [7, 11) is 0. The topological polar surface area (TPSA) is 12.9 Å². The molecule has 0 spiro atoms. The van der Waals surface area contributed by atoms with Crippen molar-refractivity contribution in [2.24, 2.45) is 0 Å². The van der Waals surface area contributed by atoms with Gasteiger partial charge in [-0.2, -0.15) is 13.2 Å². The normalized spacial score (nSPS) is 12.1. The van der Waals surface area contributed by atoms with E-state index in [1.54, 1.807) is 0 Å². The number of fused-ring (bicyclic) bond motifs is 1. The molecule has 0 amide bonds. The van der Waals surface area contributed by atoms with Gasteiger partial charge in [0.25, 0.3) is 0 Å². The highest BCUT2D eigenvalue weighted by Crippen LogP contribution is 2.33. The van der Waals surface area contributed by atoms with Gasteiger partial charge in [0.2, 0.25) is 0 Å². The molecule has 1 heterocycles. The molecule has 0 aliphatic carbocycles. The summed E-state index contributed by atoms with van der Waals surface area (Å²) >= 11 is 3.18. The Morgan fingerprint density at radius 2 is 1.82 bits per heavy atom. The molecule has 0 aliphatic heterocycles. The van der Waals surface area contributed by atoms with E-state index in [9.17, 15) is 13.2 Å². The van der Waals surface area contributed by atoms with Gasteiger partial charge >= 0.3 is 6.18 Å². The predicted octanol–water partition coefficient (Wildman–Crippen LogP) is 4.13. The van der Waals surface area contributed by atoms with E-state index in [1.165, 1.54) is 12.1 Å². The first-order valence-electron chi connectivity index (χ1n) is 4.52. The van der Waals surface area contributed by atoms with Crippen LogP contribution in [0.2, 0.25) is 0 Å². The molecule has 0 saturated carbocycles. The van der Waals surface area contributed by atoms with Crippen LogP contribution in [0.1, 0.15) is 16.8 Å². The van der Waals surface area contributed by atoms with Crippen LogP contribution in [0.5, 0.6) is 0 Å². The molecule has 4 radical (unpaired) electrons. The van der Waals surface area contributed by atoms with E-state index >= 15 is 0 Å². The first-order valence-corrected chi connectivity index (χ1v) is 5.31. The average molecular weight is 300 g/mol. The first-order chi connectivity index (χ1) is 7.80. The maximum atomic E-state index is 12.5. The second-order valence-electron chi connectivity index (χ2n) is 3.45. The molecule has 2 rings (SSSR count). The lowest BCUT2D eigenvalue weighted by molar-refractivity contribution is -0.140. The van der Waals surface area contributed by atoms with Crippen LogP contribution in [0.15, 0.2) is 22.7 Å². The third-order valence-corrected chi connectivity index (χ3v) is 3.15. The molecular weight excluding hydrogens is 295 g/mol. The van der Waals surface area contributed by atoms with Gasteiger partial charge in [-0.25, -0.2) is 4.98 Å². The van der Waals surface area contributed by atoms with E-state index in [0.717, 1.165) is 6.07 Å². The fourth-order valence-electron chi connectivity index (χ4n) is 1.43. The second-order valence-corrected chi connectivity index (χ2v) is 4.25. The van der Waals surface area contributed by atoms with Gasteiger partial charge in [-0.1, -0.05) is 0 Å². The van der Waals surface area contributed by atoms with E-state index in [0.29, 0.717) is 15.4 Å². The van der Waals surface area contributed by atoms with Crippen molar-refractivity contribution in [1.82, 2.24) is 4.98 Å². The Bertz CT molecular complexity index is 590. The van der Waals surface area contributed by atoms with E-state index in [2.05, 4.69) is 20.9 Å². The predicted molar refractivity (Wildman–Crippen MR) is 61.2 cm³/mol. The fraction of sp³-hybridized carbons (Fsp3) is 0.0833. The number of aromatic nitrogens is 1. The molecule has 0 atom stereocenters. The van der Waals surface area contributed by atoms with Gasteiger partial charge in [-0.05, 0) is 52.2 Å². The van der Waals surface area contributed by atoms with Gasteiger partial charge in [0.05, 0.1) is 5.52 Å². The number of nitrogens with zero attached hydrogens (tertiary/aromatic N) is 1. The third kappa shape index (κ3) is 2.16. The molecule has 0 bridgehead atoms. The van der Waals surface area contributed by atoms with Crippen LogP contribution in [0, 0.1) is 13.8 Å². The van der Waals surface area contributed by atoms with Crippen molar-refractivity contribution in [2.75, 3.05) is 0 Å². The van der Waals surface area contributed by atoms with E-state index in [4.69, 9.17) is 13.8 Å². The summed E-state index contributed by atoms with van der Waals surface area (Å²) in [5.41, 5.74) is -0.324. The molecule has 1 aromatic carbocycles. The van der Waals surface area contributed by atoms with Crippen molar-refractivity contribution < 1.29 is 13.2 Å². The van der Waals surface area contributed by atoms with Crippen molar-refractivity contribution in [1.29, 1.82) is 0 Å².